The van der Waals surface area contributed by atoms with Gasteiger partial charge in [-0.05, 0) is 31.5 Å². The number of hydrogen-bond acceptors (Lipinski definition) is 5. The molecule has 0 aliphatic rings. The number of unbranched alkanes of at least 4 members (excludes halogenated alkanes) is 1. The molecule has 1 aromatic carbocycles. The zero-order chi connectivity index (χ0) is 14.3. The lowest BCUT2D eigenvalue weighted by Gasteiger charge is -2.08. The maximum absolute atomic E-state index is 11.5. The lowest BCUT2D eigenvalue weighted by atomic mass is 10.2. The second-order valence-corrected chi connectivity index (χ2v) is 3.82. The van der Waals surface area contributed by atoms with Crippen LogP contribution in [-0.4, -0.2) is 23.7 Å². The second kappa shape index (κ2) is 7.41. The molecule has 0 saturated heterocycles. The van der Waals surface area contributed by atoms with Gasteiger partial charge < -0.3 is 14.6 Å². The molecule has 0 aliphatic carbocycles. The summed E-state index contributed by atoms with van der Waals surface area (Å²) in [4.78, 5) is 22.9. The van der Waals surface area contributed by atoms with Crippen LogP contribution in [0.3, 0.4) is 0 Å². The summed E-state index contributed by atoms with van der Waals surface area (Å²) in [5, 5.41) is 9.58. The molecule has 0 atom stereocenters. The van der Waals surface area contributed by atoms with E-state index in [1.165, 1.54) is 24.6 Å². The van der Waals surface area contributed by atoms with Crippen molar-refractivity contribution in [2.75, 3.05) is 6.61 Å². The number of esters is 2. The molecule has 0 saturated carbocycles. The van der Waals surface area contributed by atoms with Crippen LogP contribution >= 0.6 is 0 Å². The third-order valence-corrected chi connectivity index (χ3v) is 2.28. The van der Waals surface area contributed by atoms with E-state index in [4.69, 9.17) is 9.47 Å². The van der Waals surface area contributed by atoms with Crippen LogP contribution in [0.2, 0.25) is 0 Å². The van der Waals surface area contributed by atoms with Crippen molar-refractivity contribution in [1.82, 2.24) is 0 Å². The third kappa shape index (κ3) is 4.62. The molecule has 0 bridgehead atoms. The number of rotatable bonds is 6. The Hall–Kier alpha value is -2.04. The number of carbonyl (C=O) groups is 2. The predicted molar refractivity (Wildman–Crippen MR) is 68.9 cm³/mol. The molecule has 103 valence electrons. The molecule has 1 rings (SSSR count). The molecular formula is C14H17O5. The smallest absolute Gasteiger partial charge is 0.338 e. The van der Waals surface area contributed by atoms with Crippen LogP contribution in [0.15, 0.2) is 18.2 Å². The summed E-state index contributed by atoms with van der Waals surface area (Å²) < 4.78 is 9.79. The molecular weight excluding hydrogens is 248 g/mol. The van der Waals surface area contributed by atoms with Gasteiger partial charge in [-0.2, -0.15) is 0 Å². The van der Waals surface area contributed by atoms with Gasteiger partial charge in [-0.1, -0.05) is 13.3 Å². The lowest BCUT2D eigenvalue weighted by Crippen LogP contribution is -2.10. The molecule has 0 heterocycles. The number of aromatic hydroxyl groups is 1. The Labute approximate surface area is 112 Å². The van der Waals surface area contributed by atoms with Crippen LogP contribution in [-0.2, 0) is 9.53 Å². The highest BCUT2D eigenvalue weighted by Gasteiger charge is 2.13. The Kier molecular flexibility index (Phi) is 5.85. The van der Waals surface area contributed by atoms with Gasteiger partial charge >= 0.3 is 11.9 Å². The first-order chi connectivity index (χ1) is 9.08. The highest BCUT2D eigenvalue weighted by atomic mass is 16.5. The molecule has 1 N–H and O–H groups in total. The standard InChI is InChI=1S/C14H17O5/c1-3-5-6-13(16)19-12-9-10(7-8-11(12)15)14(17)18-4-2/h6-9,15H,3-5H2,1-2H3. The van der Waals surface area contributed by atoms with Crippen LogP contribution < -0.4 is 4.74 Å². The fourth-order valence-electron chi connectivity index (χ4n) is 1.35. The van der Waals surface area contributed by atoms with Crippen LogP contribution in [0.25, 0.3) is 0 Å². The summed E-state index contributed by atoms with van der Waals surface area (Å²) >= 11 is 0. The molecule has 0 fully saturated rings. The maximum Gasteiger partial charge on any atom is 0.338 e. The van der Waals surface area contributed by atoms with Gasteiger partial charge in [-0.3, -0.25) is 4.79 Å². The molecule has 5 nitrogen and oxygen atoms in total. The Morgan fingerprint density at radius 3 is 2.68 bits per heavy atom. The number of phenolic OH excluding ortho intramolecular Hbond substituents is 1. The molecule has 1 radical (unpaired) electrons. The van der Waals surface area contributed by atoms with Crippen LogP contribution in [0.4, 0.5) is 0 Å². The predicted octanol–water partition coefficient (Wildman–Crippen LogP) is 2.48. The van der Waals surface area contributed by atoms with Crippen molar-refractivity contribution in [2.45, 2.75) is 26.7 Å². The highest BCUT2D eigenvalue weighted by Crippen LogP contribution is 2.27. The first-order valence-electron chi connectivity index (χ1n) is 6.13. The summed E-state index contributed by atoms with van der Waals surface area (Å²) in [5.74, 6) is -1.34. The van der Waals surface area contributed by atoms with Crippen LogP contribution in [0.5, 0.6) is 11.5 Å². The molecule has 0 unspecified atom stereocenters. The molecule has 0 spiro atoms. The van der Waals surface area contributed by atoms with Gasteiger partial charge in [0.15, 0.2) is 11.5 Å². The second-order valence-electron chi connectivity index (χ2n) is 3.82. The van der Waals surface area contributed by atoms with Crippen molar-refractivity contribution < 1.29 is 24.2 Å². The van der Waals surface area contributed by atoms with E-state index in [2.05, 4.69) is 0 Å². The number of phenols is 1. The maximum atomic E-state index is 11.5. The number of carbonyl (C=O) groups excluding carboxylic acids is 2. The van der Waals surface area contributed by atoms with Gasteiger partial charge in [0.2, 0.25) is 0 Å². The van der Waals surface area contributed by atoms with Gasteiger partial charge in [0, 0.05) is 0 Å². The van der Waals surface area contributed by atoms with Crippen LogP contribution in [0.1, 0.15) is 37.0 Å². The van der Waals surface area contributed by atoms with E-state index in [0.717, 1.165) is 6.42 Å². The van der Waals surface area contributed by atoms with E-state index in [1.807, 2.05) is 6.92 Å². The molecule has 5 heteroatoms. The zero-order valence-corrected chi connectivity index (χ0v) is 11.0. The van der Waals surface area contributed by atoms with Gasteiger partial charge in [0.1, 0.15) is 0 Å². The Morgan fingerprint density at radius 1 is 1.32 bits per heavy atom. The number of ether oxygens (including phenoxy) is 2. The van der Waals surface area contributed by atoms with Crippen molar-refractivity contribution in [1.29, 1.82) is 0 Å². The van der Waals surface area contributed by atoms with E-state index in [1.54, 1.807) is 6.92 Å². The minimum atomic E-state index is -0.557. The summed E-state index contributed by atoms with van der Waals surface area (Å²) in [6.45, 7) is 3.88. The molecule has 1 aromatic rings. The summed E-state index contributed by atoms with van der Waals surface area (Å²) in [6, 6.07) is 3.97. The quantitative estimate of drug-likeness (QED) is 0.632. The fraction of sp³-hybridized carbons (Fsp3) is 0.357. The molecule has 0 aromatic heterocycles. The summed E-state index contributed by atoms with van der Waals surface area (Å²) in [6.07, 6.45) is 2.80. The van der Waals surface area contributed by atoms with E-state index >= 15 is 0 Å². The van der Waals surface area contributed by atoms with Gasteiger partial charge in [0.05, 0.1) is 18.6 Å². The van der Waals surface area contributed by atoms with E-state index in [-0.39, 0.29) is 23.7 Å². The van der Waals surface area contributed by atoms with Crippen molar-refractivity contribution in [3.05, 3.63) is 30.2 Å². The minimum Gasteiger partial charge on any atom is -0.504 e. The van der Waals surface area contributed by atoms with Gasteiger partial charge in [-0.15, -0.1) is 0 Å². The lowest BCUT2D eigenvalue weighted by molar-refractivity contribution is -0.130. The first kappa shape index (κ1) is 15.0. The van der Waals surface area contributed by atoms with Crippen LogP contribution in [0, 0.1) is 6.42 Å². The monoisotopic (exact) mass is 265 g/mol. The van der Waals surface area contributed by atoms with Crippen molar-refractivity contribution in [3.8, 4) is 11.5 Å². The van der Waals surface area contributed by atoms with Crippen molar-refractivity contribution >= 4 is 11.9 Å². The molecule has 0 amide bonds. The van der Waals surface area contributed by atoms with Crippen molar-refractivity contribution in [2.24, 2.45) is 0 Å². The highest BCUT2D eigenvalue weighted by molar-refractivity contribution is 5.90. The van der Waals surface area contributed by atoms with Gasteiger partial charge in [0.25, 0.3) is 0 Å². The SMILES string of the molecule is CCC[CH]C(=O)Oc1cc(C(=O)OCC)ccc1O. The average Bonchev–Trinajstić information content (AvgIpc) is 2.39. The van der Waals surface area contributed by atoms with E-state index < -0.39 is 11.9 Å². The topological polar surface area (TPSA) is 72.8 Å². The third-order valence-electron chi connectivity index (χ3n) is 2.28. The Bertz CT molecular complexity index is 453. The van der Waals surface area contributed by atoms with Gasteiger partial charge in [-0.25, -0.2) is 4.79 Å². The van der Waals surface area contributed by atoms with E-state index in [0.29, 0.717) is 6.42 Å². The zero-order valence-electron chi connectivity index (χ0n) is 11.0. The minimum absolute atomic E-state index is 0.0529. The normalized spacial score (nSPS) is 10.0. The summed E-state index contributed by atoms with van der Waals surface area (Å²) in [5.41, 5.74) is 0.220. The fourth-order valence-corrected chi connectivity index (χ4v) is 1.35. The largest absolute Gasteiger partial charge is 0.504 e. The number of hydrogen-bond donors (Lipinski definition) is 1. The summed E-state index contributed by atoms with van der Waals surface area (Å²) in [7, 11) is 0. The first-order valence-corrected chi connectivity index (χ1v) is 6.13. The Balaban J connectivity index is 2.79. The molecule has 0 aliphatic heterocycles. The Morgan fingerprint density at radius 2 is 2.05 bits per heavy atom. The van der Waals surface area contributed by atoms with Crippen molar-refractivity contribution in [3.63, 3.8) is 0 Å². The number of benzene rings is 1. The molecule has 19 heavy (non-hydrogen) atoms. The van der Waals surface area contributed by atoms with E-state index in [9.17, 15) is 14.7 Å². The average molecular weight is 265 g/mol.